The summed E-state index contributed by atoms with van der Waals surface area (Å²) < 4.78 is 24.9. The van der Waals surface area contributed by atoms with Gasteiger partial charge in [0.2, 0.25) is 10.0 Å². The molecule has 2 saturated heterocycles. The molecule has 0 amide bonds. The summed E-state index contributed by atoms with van der Waals surface area (Å²) in [6.07, 6.45) is 2.78. The lowest BCUT2D eigenvalue weighted by atomic mass is 9.81. The molecule has 3 heterocycles. The van der Waals surface area contributed by atoms with Crippen LogP contribution in [0.15, 0.2) is 11.0 Å². The van der Waals surface area contributed by atoms with Crippen LogP contribution < -0.4 is 5.43 Å². The number of fused-ring (bicyclic) bond motifs is 1. The van der Waals surface area contributed by atoms with Crippen molar-refractivity contribution in [3.05, 3.63) is 33.2 Å². The third-order valence-corrected chi connectivity index (χ3v) is 6.76. The molecule has 25 heavy (non-hydrogen) atoms. The van der Waals surface area contributed by atoms with Crippen molar-refractivity contribution < 1.29 is 18.3 Å². The predicted octanol–water partition coefficient (Wildman–Crippen LogP) is -0.230. The van der Waals surface area contributed by atoms with E-state index in [1.165, 1.54) is 4.31 Å². The molecular weight excluding hydrogens is 346 g/mol. The lowest BCUT2D eigenvalue weighted by Gasteiger charge is -2.25. The Balaban J connectivity index is 1.83. The second kappa shape index (κ2) is 5.93. The summed E-state index contributed by atoms with van der Waals surface area (Å²) in [7, 11) is -3.41. The molecule has 2 fully saturated rings. The van der Waals surface area contributed by atoms with Crippen LogP contribution in [0, 0.1) is 25.2 Å². The summed E-state index contributed by atoms with van der Waals surface area (Å²) >= 11 is 0. The van der Waals surface area contributed by atoms with Gasteiger partial charge in [-0.15, -0.1) is 0 Å². The van der Waals surface area contributed by atoms with Crippen LogP contribution in [-0.4, -0.2) is 66.1 Å². The number of aryl methyl sites for hydroxylation is 1. The fourth-order valence-electron chi connectivity index (χ4n) is 3.99. The molecule has 2 N–H and O–H groups in total. The molecule has 0 bridgehead atoms. The van der Waals surface area contributed by atoms with Crippen molar-refractivity contribution in [2.24, 2.45) is 11.3 Å². The Morgan fingerprint density at radius 2 is 2.04 bits per heavy atom. The number of sulfonamides is 1. The lowest BCUT2D eigenvalue weighted by Crippen LogP contribution is -2.41. The van der Waals surface area contributed by atoms with Crippen molar-refractivity contribution in [2.45, 2.75) is 20.4 Å². The van der Waals surface area contributed by atoms with E-state index in [9.17, 15) is 23.1 Å². The average Bonchev–Trinajstić information content (AvgIpc) is 3.02. The Morgan fingerprint density at radius 1 is 1.36 bits per heavy atom. The van der Waals surface area contributed by atoms with E-state index in [-0.39, 0.29) is 31.0 Å². The smallest absolute Gasteiger partial charge is 0.312 e. The first-order valence-electron chi connectivity index (χ1n) is 8.13. The van der Waals surface area contributed by atoms with Crippen molar-refractivity contribution in [1.29, 1.82) is 0 Å². The van der Waals surface area contributed by atoms with Gasteiger partial charge >= 0.3 is 5.97 Å². The predicted molar refractivity (Wildman–Crippen MR) is 91.8 cm³/mol. The number of nitrogens with zero attached hydrogens (tertiary/aromatic N) is 2. The van der Waals surface area contributed by atoms with Gasteiger partial charge in [0.05, 0.1) is 11.7 Å². The molecule has 1 aromatic heterocycles. The number of carboxylic acid groups (broad SMARTS) is 1. The van der Waals surface area contributed by atoms with Crippen molar-refractivity contribution in [3.8, 4) is 0 Å². The fourth-order valence-corrected chi connectivity index (χ4v) is 4.90. The Labute approximate surface area is 146 Å². The first-order valence-corrected chi connectivity index (χ1v) is 9.98. The van der Waals surface area contributed by atoms with Gasteiger partial charge in [-0.3, -0.25) is 14.5 Å². The van der Waals surface area contributed by atoms with Crippen LogP contribution in [0.4, 0.5) is 0 Å². The van der Waals surface area contributed by atoms with E-state index in [1.807, 2.05) is 4.90 Å². The van der Waals surface area contributed by atoms with E-state index in [0.717, 1.165) is 11.9 Å². The van der Waals surface area contributed by atoms with Gasteiger partial charge in [-0.05, 0) is 13.8 Å². The van der Waals surface area contributed by atoms with Gasteiger partial charge in [-0.1, -0.05) is 0 Å². The quantitative estimate of drug-likeness (QED) is 0.758. The van der Waals surface area contributed by atoms with E-state index in [1.54, 1.807) is 20.0 Å². The monoisotopic (exact) mass is 369 g/mol. The molecule has 1 aromatic rings. The summed E-state index contributed by atoms with van der Waals surface area (Å²) in [6, 6.07) is 0. The van der Waals surface area contributed by atoms with E-state index in [0.29, 0.717) is 24.2 Å². The van der Waals surface area contributed by atoms with Crippen LogP contribution in [-0.2, 0) is 21.4 Å². The number of aromatic nitrogens is 1. The number of nitrogens with one attached hydrogen (secondary N) is 1. The Morgan fingerprint density at radius 3 is 2.60 bits per heavy atom. The summed E-state index contributed by atoms with van der Waals surface area (Å²) in [5.41, 5.74) is 0.965. The number of hydrogen-bond donors (Lipinski definition) is 2. The number of rotatable bonds is 4. The highest BCUT2D eigenvalue weighted by atomic mass is 32.2. The Kier molecular flexibility index (Phi) is 4.29. The van der Waals surface area contributed by atoms with Gasteiger partial charge < -0.3 is 10.1 Å². The highest BCUT2D eigenvalue weighted by molar-refractivity contribution is 7.88. The second-order valence-corrected chi connectivity index (χ2v) is 9.27. The number of aromatic amines is 1. The third-order valence-electron chi connectivity index (χ3n) is 5.54. The molecule has 8 nitrogen and oxygen atoms in total. The zero-order valence-corrected chi connectivity index (χ0v) is 15.4. The van der Waals surface area contributed by atoms with E-state index in [2.05, 4.69) is 4.98 Å². The summed E-state index contributed by atoms with van der Waals surface area (Å²) in [4.78, 5) is 29.1. The maximum absolute atomic E-state index is 12.1. The number of likely N-dealkylation sites (tertiary alicyclic amines) is 1. The van der Waals surface area contributed by atoms with Crippen LogP contribution in [0.1, 0.15) is 16.8 Å². The first-order chi connectivity index (χ1) is 11.5. The van der Waals surface area contributed by atoms with E-state index >= 15 is 0 Å². The fraction of sp³-hybridized carbons (Fsp3) is 0.625. The van der Waals surface area contributed by atoms with Crippen molar-refractivity contribution in [1.82, 2.24) is 14.2 Å². The highest BCUT2D eigenvalue weighted by Crippen LogP contribution is 2.44. The molecule has 0 aromatic carbocycles. The number of hydrogen-bond acceptors (Lipinski definition) is 5. The number of carboxylic acids is 1. The van der Waals surface area contributed by atoms with Gasteiger partial charge in [0.1, 0.15) is 0 Å². The zero-order chi connectivity index (χ0) is 18.6. The molecule has 0 aliphatic carbocycles. The van der Waals surface area contributed by atoms with E-state index in [4.69, 9.17) is 0 Å². The molecule has 2 aliphatic heterocycles. The average molecular weight is 369 g/mol. The Bertz CT molecular complexity index is 878. The number of aliphatic carboxylic acids is 1. The van der Waals surface area contributed by atoms with Crippen LogP contribution in [0.3, 0.4) is 0 Å². The maximum atomic E-state index is 12.1. The SMILES string of the molecule is Cc1c[nH]c(CN2C[C@H]3CN(S(C)(=O)=O)C[C@@]3(C(=O)O)C2)c(C)c1=O. The molecule has 138 valence electrons. The largest absolute Gasteiger partial charge is 0.481 e. The van der Waals surface area contributed by atoms with Gasteiger partial charge in [0.25, 0.3) is 0 Å². The second-order valence-electron chi connectivity index (χ2n) is 7.29. The summed E-state index contributed by atoms with van der Waals surface area (Å²) in [5, 5.41) is 9.77. The first kappa shape index (κ1) is 18.1. The molecule has 9 heteroatoms. The highest BCUT2D eigenvalue weighted by Gasteiger charge is 2.59. The standard InChI is InChI=1S/C16H23N3O5S/c1-10-4-17-13(11(2)14(10)20)7-18-5-12-6-19(25(3,23)24)9-16(12,8-18)15(21)22/h4,12H,5-9H2,1-3H3,(H,17,20)(H,21,22)/t12-,16-/m0/s1. The number of carbonyl (C=O) groups is 1. The minimum atomic E-state index is -3.41. The topological polar surface area (TPSA) is 111 Å². The van der Waals surface area contributed by atoms with Crippen LogP contribution in [0.2, 0.25) is 0 Å². The molecule has 0 spiro atoms. The molecule has 3 rings (SSSR count). The van der Waals surface area contributed by atoms with Crippen LogP contribution in [0.25, 0.3) is 0 Å². The molecule has 2 atom stereocenters. The molecule has 0 radical (unpaired) electrons. The van der Waals surface area contributed by atoms with Gasteiger partial charge in [0, 0.05) is 61.7 Å². The maximum Gasteiger partial charge on any atom is 0.312 e. The summed E-state index contributed by atoms with van der Waals surface area (Å²) in [6.45, 7) is 4.95. The van der Waals surface area contributed by atoms with Gasteiger partial charge in [-0.25, -0.2) is 12.7 Å². The van der Waals surface area contributed by atoms with Crippen LogP contribution in [0.5, 0.6) is 0 Å². The Hall–Kier alpha value is -1.71. The normalized spacial score (nSPS) is 27.6. The van der Waals surface area contributed by atoms with Gasteiger partial charge in [-0.2, -0.15) is 0 Å². The molecular formula is C16H23N3O5S. The minimum Gasteiger partial charge on any atom is -0.481 e. The summed E-state index contributed by atoms with van der Waals surface area (Å²) in [5.74, 6) is -1.21. The zero-order valence-electron chi connectivity index (χ0n) is 14.6. The molecule has 0 unspecified atom stereocenters. The van der Waals surface area contributed by atoms with E-state index < -0.39 is 21.4 Å². The van der Waals surface area contributed by atoms with Crippen LogP contribution >= 0.6 is 0 Å². The van der Waals surface area contributed by atoms with Crippen molar-refractivity contribution >= 4 is 16.0 Å². The lowest BCUT2D eigenvalue weighted by molar-refractivity contribution is -0.148. The number of pyridine rings is 1. The minimum absolute atomic E-state index is 0.00569. The number of H-pyrrole nitrogens is 1. The molecule has 2 aliphatic rings. The third kappa shape index (κ3) is 3.00. The van der Waals surface area contributed by atoms with Crippen molar-refractivity contribution in [3.63, 3.8) is 0 Å². The van der Waals surface area contributed by atoms with Gasteiger partial charge in [0.15, 0.2) is 5.43 Å². The van der Waals surface area contributed by atoms with Crippen molar-refractivity contribution in [2.75, 3.05) is 32.4 Å². The molecule has 0 saturated carbocycles.